The Hall–Kier alpha value is -6.76. The van der Waals surface area contributed by atoms with E-state index in [4.69, 9.17) is 42.1 Å². The molecule has 10 rings (SSSR count). The van der Waals surface area contributed by atoms with Gasteiger partial charge < -0.3 is 28.7 Å². The van der Waals surface area contributed by atoms with Crippen LogP contribution < -0.4 is 19.6 Å². The Bertz CT molecular complexity index is 3200. The number of fused-ring (bicyclic) bond motifs is 6. The van der Waals surface area contributed by atoms with E-state index in [1.54, 1.807) is 53.9 Å². The number of aromatic nitrogens is 2. The van der Waals surface area contributed by atoms with Gasteiger partial charge >= 0.3 is 24.1 Å². The number of carbonyl (C=O) groups excluding carboxylic acids is 4. The predicted molar refractivity (Wildman–Crippen MR) is 309 cm³/mol. The van der Waals surface area contributed by atoms with Gasteiger partial charge in [-0.2, -0.15) is 10.5 Å². The molecule has 0 bridgehead atoms. The molecule has 2 saturated carbocycles. The topological polar surface area (TPSA) is 192 Å². The van der Waals surface area contributed by atoms with Gasteiger partial charge in [0.25, 0.3) is 0 Å². The second-order valence-corrected chi connectivity index (χ2v) is 27.7. The van der Waals surface area contributed by atoms with Gasteiger partial charge in [-0.05, 0) is 155 Å². The second-order valence-electron chi connectivity index (χ2n) is 26.9. The zero-order valence-electron chi connectivity index (χ0n) is 49.3. The van der Waals surface area contributed by atoms with Gasteiger partial charge in [-0.15, -0.1) is 0 Å². The van der Waals surface area contributed by atoms with Crippen LogP contribution in [0.1, 0.15) is 155 Å². The molecule has 0 radical (unpaired) electrons. The summed E-state index contributed by atoms with van der Waals surface area (Å²) in [4.78, 5) is 66.9. The maximum absolute atomic E-state index is 15.5. The molecule has 2 aliphatic heterocycles. The van der Waals surface area contributed by atoms with E-state index in [0.29, 0.717) is 129 Å². The van der Waals surface area contributed by atoms with Gasteiger partial charge in [0.1, 0.15) is 46.2 Å². The first-order valence-corrected chi connectivity index (χ1v) is 28.6. The number of amides is 2. The monoisotopic (exact) mass is 1160 g/mol. The molecule has 4 atom stereocenters. The molecular formula is C62H72Cl2F2N8O8. The average Bonchev–Trinajstić information content (AvgIpc) is 2.80. The van der Waals surface area contributed by atoms with Gasteiger partial charge in [-0.3, -0.25) is 29.4 Å². The zero-order valence-corrected chi connectivity index (χ0v) is 50.8. The number of hydrogen-bond acceptors (Lipinski definition) is 14. The molecule has 2 amide bonds. The highest BCUT2D eigenvalue weighted by Gasteiger charge is 2.60. The highest BCUT2D eigenvalue weighted by Crippen LogP contribution is 2.64. The normalized spacial score (nSPS) is 20.9. The van der Waals surface area contributed by atoms with E-state index >= 15 is 8.78 Å². The van der Waals surface area contributed by atoms with E-state index in [2.05, 4.69) is 19.8 Å². The third-order valence-electron chi connectivity index (χ3n) is 16.2. The fourth-order valence-corrected chi connectivity index (χ4v) is 13.0. The predicted octanol–water partition coefficient (Wildman–Crippen LogP) is 13.3. The Morgan fingerprint density at radius 3 is 1.27 bits per heavy atom. The van der Waals surface area contributed by atoms with E-state index in [1.165, 1.54) is 36.0 Å². The SMILES string of the molecule is CN(C(=O)OC(C)(C)C)c1cc(F)c(C#N)c2c1Cc1ncc(Cl)c(N3CCC4(C[C@H]4CC(=O)OC(C)(C)C)C3)c1-2.CN(C(=O)OC(C)(C)C)c1cc(F)c(C#N)c2c1Cc1ncc(Cl)c(N3CCC4(C[C@H]4CC(=O)OC(C)(C)C)C3)c1-2. The number of nitrogens with zero attached hydrogens (tertiary/aromatic N) is 8. The lowest BCUT2D eigenvalue weighted by Gasteiger charge is -2.27. The van der Waals surface area contributed by atoms with E-state index < -0.39 is 46.2 Å². The van der Waals surface area contributed by atoms with Gasteiger partial charge in [-0.25, -0.2) is 18.4 Å². The van der Waals surface area contributed by atoms with Crippen LogP contribution in [0, 0.1) is 57.0 Å². The average molecular weight is 1170 g/mol. The fraction of sp³-hybridized carbons (Fsp3) is 0.548. The highest BCUT2D eigenvalue weighted by atomic mass is 35.5. The zero-order chi connectivity index (χ0) is 60.1. The first-order chi connectivity index (χ1) is 38.1. The van der Waals surface area contributed by atoms with Crippen molar-refractivity contribution < 1.29 is 46.9 Å². The summed E-state index contributed by atoms with van der Waals surface area (Å²) >= 11 is 13.6. The molecular weight excluding hydrogens is 1090 g/mol. The number of hydrogen-bond donors (Lipinski definition) is 0. The standard InChI is InChI=1S/2C31H36ClFN4O4/c2*1-29(2,3)40-24(38)10-17-13-31(17)8-9-37(16-31)27-20(32)15-35-22-11-18-23(36(7)28(39)41-30(4,5)6)12-21(33)19(14-34)25(18)26(22)27/h2*12,15,17H,8-11,13,16H2,1-7H3/t2*17-,31?/m11/s1. The van der Waals surface area contributed by atoms with Crippen LogP contribution in [0.2, 0.25) is 10.0 Å². The minimum Gasteiger partial charge on any atom is -0.460 e. The minimum atomic E-state index is -0.735. The van der Waals surface area contributed by atoms with Crippen LogP contribution in [-0.4, -0.2) is 96.8 Å². The molecule has 2 saturated heterocycles. The van der Waals surface area contributed by atoms with Crippen LogP contribution in [0.25, 0.3) is 22.3 Å². The highest BCUT2D eigenvalue weighted by molar-refractivity contribution is 6.34. The van der Waals surface area contributed by atoms with Gasteiger partial charge in [-0.1, -0.05) is 23.2 Å². The molecule has 2 unspecified atom stereocenters. The first kappa shape index (κ1) is 59.8. The van der Waals surface area contributed by atoms with Gasteiger partial charge in [0.05, 0.1) is 55.3 Å². The number of halogens is 4. The van der Waals surface area contributed by atoms with Crippen LogP contribution in [0.4, 0.5) is 41.1 Å². The summed E-state index contributed by atoms with van der Waals surface area (Å²) in [6.07, 6.45) is 6.94. The summed E-state index contributed by atoms with van der Waals surface area (Å²) in [5.74, 6) is -1.38. The first-order valence-electron chi connectivity index (χ1n) is 27.8. The molecule has 4 heterocycles. The van der Waals surface area contributed by atoms with Crippen LogP contribution in [0.5, 0.6) is 0 Å². The summed E-state index contributed by atoms with van der Waals surface area (Å²) in [5.41, 5.74) is 4.00. The lowest BCUT2D eigenvalue weighted by Crippen LogP contribution is -2.34. The Morgan fingerprint density at radius 2 is 0.951 bits per heavy atom. The molecule has 436 valence electrons. The van der Waals surface area contributed by atoms with Crippen molar-refractivity contribution >= 4 is 70.1 Å². The molecule has 0 N–H and O–H groups in total. The Morgan fingerprint density at radius 1 is 0.610 bits per heavy atom. The maximum Gasteiger partial charge on any atom is 0.414 e. The van der Waals surface area contributed by atoms with E-state index in [9.17, 15) is 29.7 Å². The van der Waals surface area contributed by atoms with Gasteiger partial charge in [0.2, 0.25) is 0 Å². The summed E-state index contributed by atoms with van der Waals surface area (Å²) in [6, 6.07) is 6.49. The van der Waals surface area contributed by atoms with Crippen molar-refractivity contribution in [1.29, 1.82) is 10.5 Å². The van der Waals surface area contributed by atoms with Crippen LogP contribution >= 0.6 is 23.2 Å². The second kappa shape index (κ2) is 21.1. The van der Waals surface area contributed by atoms with Gasteiger partial charge in [0, 0.05) is 101 Å². The molecule has 4 aromatic rings. The number of carbonyl (C=O) groups is 4. The van der Waals surface area contributed by atoms with Crippen molar-refractivity contribution in [3.05, 3.63) is 79.8 Å². The Labute approximate surface area is 488 Å². The number of anilines is 4. The van der Waals surface area contributed by atoms with E-state index in [1.807, 2.05) is 53.7 Å². The number of benzene rings is 2. The van der Waals surface area contributed by atoms with Crippen LogP contribution in [-0.2, 0) is 41.4 Å². The smallest absolute Gasteiger partial charge is 0.414 e. The largest absolute Gasteiger partial charge is 0.460 e. The quantitative estimate of drug-likeness (QED) is 0.103. The number of ether oxygens (including phenoxy) is 4. The minimum absolute atomic E-state index is 0.0140. The Kier molecular flexibility index (Phi) is 15.4. The number of pyridine rings is 2. The lowest BCUT2D eigenvalue weighted by atomic mass is 9.96. The molecule has 4 aliphatic carbocycles. The number of rotatable bonds is 8. The summed E-state index contributed by atoms with van der Waals surface area (Å²) in [5, 5.41) is 20.8. The van der Waals surface area contributed by atoms with Crippen LogP contribution in [0.15, 0.2) is 24.5 Å². The van der Waals surface area contributed by atoms with Crippen LogP contribution in [0.3, 0.4) is 0 Å². The van der Waals surface area contributed by atoms with E-state index in [-0.39, 0.29) is 45.7 Å². The van der Waals surface area contributed by atoms with Crippen molar-refractivity contribution in [2.24, 2.45) is 22.7 Å². The maximum atomic E-state index is 15.5. The summed E-state index contributed by atoms with van der Waals surface area (Å²) < 4.78 is 53.1. The Balaban J connectivity index is 0.000000198. The fourth-order valence-electron chi connectivity index (χ4n) is 12.5. The number of esters is 2. The molecule has 16 nitrogen and oxygen atoms in total. The summed E-state index contributed by atoms with van der Waals surface area (Å²) in [6.45, 7) is 24.5. The van der Waals surface area contributed by atoms with Gasteiger partial charge in [0.15, 0.2) is 0 Å². The van der Waals surface area contributed by atoms with Crippen molar-refractivity contribution in [2.45, 2.75) is 157 Å². The number of nitriles is 2. The molecule has 2 aromatic carbocycles. The van der Waals surface area contributed by atoms with Crippen molar-refractivity contribution in [3.8, 4) is 34.4 Å². The molecule has 82 heavy (non-hydrogen) atoms. The molecule has 2 spiro atoms. The molecule has 20 heteroatoms. The van der Waals surface area contributed by atoms with E-state index in [0.717, 1.165) is 25.7 Å². The summed E-state index contributed by atoms with van der Waals surface area (Å²) in [7, 11) is 3.06. The third kappa shape index (κ3) is 11.9. The molecule has 4 fully saturated rings. The molecule has 2 aromatic heterocycles. The molecule has 6 aliphatic rings. The van der Waals surface area contributed by atoms with Crippen molar-refractivity contribution in [1.82, 2.24) is 9.97 Å². The third-order valence-corrected chi connectivity index (χ3v) is 16.7. The van der Waals surface area contributed by atoms with Crippen molar-refractivity contribution in [3.63, 3.8) is 0 Å². The van der Waals surface area contributed by atoms with Crippen molar-refractivity contribution in [2.75, 3.05) is 59.9 Å². The lowest BCUT2D eigenvalue weighted by molar-refractivity contribution is -0.156.